The summed E-state index contributed by atoms with van der Waals surface area (Å²) in [4.78, 5) is 41.8. The van der Waals surface area contributed by atoms with Crippen molar-refractivity contribution in [1.29, 1.82) is 0 Å². The second kappa shape index (κ2) is 8.65. The van der Waals surface area contributed by atoms with Gasteiger partial charge >= 0.3 is 6.03 Å². The summed E-state index contributed by atoms with van der Waals surface area (Å²) in [5, 5.41) is 2.93. The maximum atomic E-state index is 13.3. The Morgan fingerprint density at radius 3 is 2.56 bits per heavy atom. The van der Waals surface area contributed by atoms with E-state index in [2.05, 4.69) is 5.32 Å². The van der Waals surface area contributed by atoms with E-state index in [9.17, 15) is 14.4 Å². The lowest BCUT2D eigenvalue weighted by Gasteiger charge is -2.37. The van der Waals surface area contributed by atoms with Crippen LogP contribution in [0.25, 0.3) is 0 Å². The number of carbonyl (C=O) groups excluding carboxylic acids is 3. The first kappa shape index (κ1) is 21.9. The highest BCUT2D eigenvalue weighted by Gasteiger charge is 2.52. The molecule has 168 valence electrons. The minimum absolute atomic E-state index is 0.0112. The number of methoxy groups -OCH3 is 1. The predicted molar refractivity (Wildman–Crippen MR) is 120 cm³/mol. The van der Waals surface area contributed by atoms with Crippen molar-refractivity contribution in [3.05, 3.63) is 64.7 Å². The largest absolute Gasteiger partial charge is 0.497 e. The van der Waals surface area contributed by atoms with Crippen LogP contribution in [0.15, 0.2) is 42.5 Å². The standard InChI is InChI=1S/C25H29N3O4/c1-17-7-8-18(2)20(13-17)16-28-23(30)25(26-24(28)31)9-11-27(12-10-25)22(29)15-19-5-4-6-21(14-19)32-3/h4-8,13-14H,9-12,15-16H2,1-3H3,(H,26,31). The number of hydrogen-bond acceptors (Lipinski definition) is 4. The second-order valence-electron chi connectivity index (χ2n) is 8.74. The lowest BCUT2D eigenvalue weighted by Crippen LogP contribution is -2.56. The van der Waals surface area contributed by atoms with Gasteiger partial charge in [-0.15, -0.1) is 0 Å². The molecular formula is C25H29N3O4. The molecule has 2 aliphatic rings. The van der Waals surface area contributed by atoms with E-state index < -0.39 is 5.54 Å². The number of imide groups is 1. The van der Waals surface area contributed by atoms with Crippen LogP contribution in [-0.2, 0) is 22.6 Å². The summed E-state index contributed by atoms with van der Waals surface area (Å²) in [6, 6.07) is 13.1. The molecule has 7 nitrogen and oxygen atoms in total. The van der Waals surface area contributed by atoms with E-state index in [1.807, 2.05) is 56.3 Å². The average molecular weight is 436 g/mol. The number of aryl methyl sites for hydroxylation is 2. The summed E-state index contributed by atoms with van der Waals surface area (Å²) in [5.41, 5.74) is 3.09. The molecule has 0 unspecified atom stereocenters. The normalized spacial score (nSPS) is 17.6. The zero-order valence-corrected chi connectivity index (χ0v) is 18.8. The molecule has 0 aliphatic carbocycles. The van der Waals surface area contributed by atoms with E-state index in [0.717, 1.165) is 28.0 Å². The Kier molecular flexibility index (Phi) is 5.91. The highest BCUT2D eigenvalue weighted by Crippen LogP contribution is 2.31. The first-order valence-corrected chi connectivity index (χ1v) is 10.9. The van der Waals surface area contributed by atoms with Gasteiger partial charge in [-0.2, -0.15) is 0 Å². The van der Waals surface area contributed by atoms with Crippen LogP contribution < -0.4 is 10.1 Å². The minimum atomic E-state index is -0.915. The summed E-state index contributed by atoms with van der Waals surface area (Å²) in [5.74, 6) is 0.538. The minimum Gasteiger partial charge on any atom is -0.497 e. The number of urea groups is 1. The van der Waals surface area contributed by atoms with Gasteiger partial charge in [0.05, 0.1) is 20.1 Å². The molecule has 7 heteroatoms. The molecule has 0 atom stereocenters. The summed E-state index contributed by atoms with van der Waals surface area (Å²) in [6.45, 7) is 5.11. The molecule has 2 aliphatic heterocycles. The zero-order valence-electron chi connectivity index (χ0n) is 18.8. The molecule has 1 N–H and O–H groups in total. The number of piperidine rings is 1. The topological polar surface area (TPSA) is 79.0 Å². The molecule has 2 fully saturated rings. The second-order valence-corrected chi connectivity index (χ2v) is 8.74. The highest BCUT2D eigenvalue weighted by atomic mass is 16.5. The van der Waals surface area contributed by atoms with Crippen LogP contribution in [0.1, 0.15) is 35.1 Å². The predicted octanol–water partition coefficient (Wildman–Crippen LogP) is 2.97. The fraction of sp³-hybridized carbons (Fsp3) is 0.400. The molecule has 4 amide bonds. The smallest absolute Gasteiger partial charge is 0.325 e. The summed E-state index contributed by atoms with van der Waals surface area (Å²) in [6.07, 6.45) is 1.12. The number of benzene rings is 2. The van der Waals surface area contributed by atoms with Crippen LogP contribution >= 0.6 is 0 Å². The van der Waals surface area contributed by atoms with Gasteiger partial charge in [0.25, 0.3) is 5.91 Å². The van der Waals surface area contributed by atoms with Crippen LogP contribution in [0.4, 0.5) is 4.79 Å². The van der Waals surface area contributed by atoms with Crippen molar-refractivity contribution in [1.82, 2.24) is 15.1 Å². The third-order valence-electron chi connectivity index (χ3n) is 6.54. The average Bonchev–Trinajstić information content (AvgIpc) is 3.00. The van der Waals surface area contributed by atoms with Crippen LogP contribution in [0.2, 0.25) is 0 Å². The first-order chi connectivity index (χ1) is 15.3. The number of likely N-dealkylation sites (tertiary alicyclic amines) is 1. The molecule has 4 rings (SSSR count). The lowest BCUT2D eigenvalue weighted by molar-refractivity contribution is -0.138. The van der Waals surface area contributed by atoms with Crippen LogP contribution in [-0.4, -0.2) is 53.4 Å². The van der Waals surface area contributed by atoms with Crippen LogP contribution in [0, 0.1) is 13.8 Å². The molecule has 2 saturated heterocycles. The van der Waals surface area contributed by atoms with E-state index in [0.29, 0.717) is 25.9 Å². The van der Waals surface area contributed by atoms with Crippen molar-refractivity contribution in [2.75, 3.05) is 20.2 Å². The third-order valence-corrected chi connectivity index (χ3v) is 6.54. The van der Waals surface area contributed by atoms with Gasteiger partial charge in [-0.05, 0) is 55.5 Å². The van der Waals surface area contributed by atoms with Gasteiger partial charge < -0.3 is 15.0 Å². The van der Waals surface area contributed by atoms with Gasteiger partial charge in [0.2, 0.25) is 5.91 Å². The first-order valence-electron chi connectivity index (χ1n) is 10.9. The fourth-order valence-electron chi connectivity index (χ4n) is 4.51. The van der Waals surface area contributed by atoms with Crippen molar-refractivity contribution in [3.63, 3.8) is 0 Å². The Balaban J connectivity index is 1.40. The van der Waals surface area contributed by atoms with E-state index in [1.165, 1.54) is 4.90 Å². The van der Waals surface area contributed by atoms with E-state index in [4.69, 9.17) is 4.74 Å². The van der Waals surface area contributed by atoms with Gasteiger partial charge in [-0.25, -0.2) is 4.79 Å². The Labute approximate surface area is 188 Å². The highest BCUT2D eigenvalue weighted by molar-refractivity contribution is 6.07. The third kappa shape index (κ3) is 4.20. The van der Waals surface area contributed by atoms with Gasteiger partial charge in [0, 0.05) is 13.1 Å². The molecule has 0 radical (unpaired) electrons. The van der Waals surface area contributed by atoms with Crippen molar-refractivity contribution >= 4 is 17.8 Å². The van der Waals surface area contributed by atoms with Crippen molar-refractivity contribution < 1.29 is 19.1 Å². The zero-order chi connectivity index (χ0) is 22.9. The van der Waals surface area contributed by atoms with Gasteiger partial charge in [0.15, 0.2) is 0 Å². The monoisotopic (exact) mass is 435 g/mol. The SMILES string of the molecule is COc1cccc(CC(=O)N2CCC3(CC2)NC(=O)N(Cc2cc(C)ccc2C)C3=O)c1. The number of hydrogen-bond donors (Lipinski definition) is 1. The van der Waals surface area contributed by atoms with Gasteiger partial charge in [0.1, 0.15) is 11.3 Å². The number of nitrogens with one attached hydrogen (secondary N) is 1. The number of amides is 4. The van der Waals surface area contributed by atoms with Crippen LogP contribution in [0.3, 0.4) is 0 Å². The molecule has 0 bridgehead atoms. The molecule has 1 spiro atoms. The Morgan fingerprint density at radius 1 is 1.09 bits per heavy atom. The molecule has 2 aromatic carbocycles. The summed E-state index contributed by atoms with van der Waals surface area (Å²) in [7, 11) is 1.60. The maximum absolute atomic E-state index is 13.3. The van der Waals surface area contributed by atoms with Gasteiger partial charge in [-0.1, -0.05) is 35.9 Å². The number of carbonyl (C=O) groups is 3. The Hall–Kier alpha value is -3.35. The number of ether oxygens (including phenoxy) is 1. The fourth-order valence-corrected chi connectivity index (χ4v) is 4.51. The summed E-state index contributed by atoms with van der Waals surface area (Å²) < 4.78 is 5.23. The molecule has 32 heavy (non-hydrogen) atoms. The lowest BCUT2D eigenvalue weighted by atomic mass is 9.87. The number of nitrogens with zero attached hydrogens (tertiary/aromatic N) is 2. The maximum Gasteiger partial charge on any atom is 0.325 e. The molecule has 0 aromatic heterocycles. The number of rotatable bonds is 5. The molecular weight excluding hydrogens is 406 g/mol. The quantitative estimate of drug-likeness (QED) is 0.733. The van der Waals surface area contributed by atoms with E-state index in [-0.39, 0.29) is 30.8 Å². The molecule has 0 saturated carbocycles. The molecule has 2 heterocycles. The van der Waals surface area contributed by atoms with Crippen LogP contribution in [0.5, 0.6) is 5.75 Å². The Morgan fingerprint density at radius 2 is 1.84 bits per heavy atom. The van der Waals surface area contributed by atoms with Crippen molar-refractivity contribution in [2.24, 2.45) is 0 Å². The Bertz CT molecular complexity index is 1060. The van der Waals surface area contributed by atoms with E-state index >= 15 is 0 Å². The van der Waals surface area contributed by atoms with Crippen molar-refractivity contribution in [3.8, 4) is 5.75 Å². The van der Waals surface area contributed by atoms with Crippen molar-refractivity contribution in [2.45, 2.75) is 45.2 Å². The van der Waals surface area contributed by atoms with E-state index in [1.54, 1.807) is 12.0 Å². The molecule has 2 aromatic rings. The summed E-state index contributed by atoms with van der Waals surface area (Å²) >= 11 is 0. The van der Waals surface area contributed by atoms with Gasteiger partial charge in [-0.3, -0.25) is 14.5 Å².